The van der Waals surface area contributed by atoms with Crippen molar-refractivity contribution in [3.63, 3.8) is 0 Å². The minimum atomic E-state index is -0.460. The zero-order chi connectivity index (χ0) is 12.8. The fourth-order valence-corrected chi connectivity index (χ4v) is 3.07. The molecule has 96 valence electrons. The monoisotopic (exact) mass is 258 g/mol. The van der Waals surface area contributed by atoms with Crippen molar-refractivity contribution >= 4 is 23.4 Å². The van der Waals surface area contributed by atoms with Gasteiger partial charge in [0.2, 0.25) is 11.8 Å². The van der Waals surface area contributed by atoms with Gasteiger partial charge in [-0.25, -0.2) is 0 Å². The largest absolute Gasteiger partial charge is 0.319 e. The summed E-state index contributed by atoms with van der Waals surface area (Å²) in [6.07, 6.45) is 1.24. The van der Waals surface area contributed by atoms with Crippen LogP contribution in [0.25, 0.3) is 0 Å². The second kappa shape index (κ2) is 3.87. The SMILES string of the molecule is CC1(C)CN(C(=O)CCl)C2(C)CCC(=O)N2C1. The summed E-state index contributed by atoms with van der Waals surface area (Å²) >= 11 is 5.67. The second-order valence-corrected chi connectivity index (χ2v) is 6.24. The number of carbonyl (C=O) groups excluding carboxylic acids is 2. The Kier molecular flexibility index (Phi) is 2.89. The number of rotatable bonds is 1. The quantitative estimate of drug-likeness (QED) is 0.668. The third-order valence-corrected chi connectivity index (χ3v) is 4.09. The summed E-state index contributed by atoms with van der Waals surface area (Å²) in [7, 11) is 0. The number of halogens is 1. The standard InChI is InChI=1S/C12H19ClN2O2/c1-11(2)7-14-9(16)4-5-12(14,3)15(8-11)10(17)6-13/h4-8H2,1-3H3. The predicted molar refractivity (Wildman–Crippen MR) is 65.6 cm³/mol. The van der Waals surface area contributed by atoms with E-state index in [4.69, 9.17) is 11.6 Å². The maximum Gasteiger partial charge on any atom is 0.239 e. The molecule has 2 amide bonds. The molecule has 17 heavy (non-hydrogen) atoms. The van der Waals surface area contributed by atoms with E-state index in [-0.39, 0.29) is 23.1 Å². The van der Waals surface area contributed by atoms with Crippen LogP contribution in [0.1, 0.15) is 33.6 Å². The molecule has 0 aliphatic carbocycles. The van der Waals surface area contributed by atoms with Gasteiger partial charge in [-0.3, -0.25) is 9.59 Å². The van der Waals surface area contributed by atoms with E-state index in [1.54, 1.807) is 4.90 Å². The Morgan fingerprint density at radius 2 is 2.00 bits per heavy atom. The van der Waals surface area contributed by atoms with Crippen LogP contribution in [0.15, 0.2) is 0 Å². The van der Waals surface area contributed by atoms with Crippen molar-refractivity contribution in [2.45, 2.75) is 39.3 Å². The zero-order valence-electron chi connectivity index (χ0n) is 10.6. The third kappa shape index (κ3) is 1.92. The highest BCUT2D eigenvalue weighted by molar-refractivity contribution is 6.27. The Balaban J connectivity index is 2.36. The Labute approximate surface area is 107 Å². The number of hydrogen-bond acceptors (Lipinski definition) is 2. The van der Waals surface area contributed by atoms with Crippen molar-refractivity contribution in [1.82, 2.24) is 9.80 Å². The van der Waals surface area contributed by atoms with E-state index in [9.17, 15) is 9.59 Å². The molecule has 0 spiro atoms. The van der Waals surface area contributed by atoms with Crippen LogP contribution >= 0.6 is 11.6 Å². The molecule has 2 saturated heterocycles. The minimum absolute atomic E-state index is 0.0201. The van der Waals surface area contributed by atoms with Crippen molar-refractivity contribution < 1.29 is 9.59 Å². The first kappa shape index (κ1) is 12.7. The van der Waals surface area contributed by atoms with Gasteiger partial charge in [-0.2, -0.15) is 0 Å². The van der Waals surface area contributed by atoms with Crippen LogP contribution in [0.3, 0.4) is 0 Å². The molecule has 0 aromatic carbocycles. The summed E-state index contributed by atoms with van der Waals surface area (Å²) in [4.78, 5) is 27.5. The van der Waals surface area contributed by atoms with Crippen LogP contribution in [0.2, 0.25) is 0 Å². The summed E-state index contributed by atoms with van der Waals surface area (Å²) in [6, 6.07) is 0. The van der Waals surface area contributed by atoms with E-state index in [2.05, 4.69) is 13.8 Å². The van der Waals surface area contributed by atoms with E-state index in [0.717, 1.165) is 0 Å². The fourth-order valence-electron chi connectivity index (χ4n) is 2.93. The van der Waals surface area contributed by atoms with Crippen LogP contribution in [0.4, 0.5) is 0 Å². The lowest BCUT2D eigenvalue weighted by Gasteiger charge is -2.54. The van der Waals surface area contributed by atoms with Gasteiger partial charge in [0.1, 0.15) is 11.5 Å². The van der Waals surface area contributed by atoms with Crippen molar-refractivity contribution in [3.05, 3.63) is 0 Å². The molecule has 2 aliphatic rings. The molecular weight excluding hydrogens is 240 g/mol. The topological polar surface area (TPSA) is 40.6 Å². The highest BCUT2D eigenvalue weighted by Crippen LogP contribution is 2.41. The van der Waals surface area contributed by atoms with Crippen molar-refractivity contribution in [3.8, 4) is 0 Å². The highest BCUT2D eigenvalue weighted by Gasteiger charge is 2.53. The van der Waals surface area contributed by atoms with Crippen LogP contribution in [0, 0.1) is 5.41 Å². The number of alkyl halides is 1. The third-order valence-electron chi connectivity index (χ3n) is 3.86. The molecule has 2 aliphatic heterocycles. The van der Waals surface area contributed by atoms with Gasteiger partial charge in [0.25, 0.3) is 0 Å². The van der Waals surface area contributed by atoms with Crippen LogP contribution in [-0.4, -0.2) is 46.2 Å². The van der Waals surface area contributed by atoms with Crippen molar-refractivity contribution in [2.24, 2.45) is 5.41 Å². The molecule has 0 saturated carbocycles. The lowest BCUT2D eigenvalue weighted by molar-refractivity contribution is -0.163. The van der Waals surface area contributed by atoms with Gasteiger partial charge < -0.3 is 9.80 Å². The average molecular weight is 259 g/mol. The number of nitrogens with zero attached hydrogens (tertiary/aromatic N) is 2. The molecule has 0 aromatic heterocycles. The maximum absolute atomic E-state index is 12.0. The fraction of sp³-hybridized carbons (Fsp3) is 0.833. The Bertz CT molecular complexity index is 370. The lowest BCUT2D eigenvalue weighted by atomic mass is 9.86. The summed E-state index contributed by atoms with van der Waals surface area (Å²) in [5.41, 5.74) is -0.528. The van der Waals surface area contributed by atoms with Crippen LogP contribution in [0.5, 0.6) is 0 Å². The lowest BCUT2D eigenvalue weighted by Crippen LogP contribution is -2.67. The molecule has 2 heterocycles. The first-order valence-electron chi connectivity index (χ1n) is 5.97. The molecule has 0 radical (unpaired) electrons. The van der Waals surface area contributed by atoms with Gasteiger partial charge in [0.05, 0.1) is 0 Å². The number of hydrogen-bond donors (Lipinski definition) is 0. The first-order chi connectivity index (χ1) is 7.80. The normalized spacial score (nSPS) is 31.6. The van der Waals surface area contributed by atoms with E-state index >= 15 is 0 Å². The minimum Gasteiger partial charge on any atom is -0.319 e. The van der Waals surface area contributed by atoms with E-state index < -0.39 is 5.66 Å². The Morgan fingerprint density at radius 1 is 1.35 bits per heavy atom. The van der Waals surface area contributed by atoms with Crippen molar-refractivity contribution in [1.29, 1.82) is 0 Å². The molecule has 0 N–H and O–H groups in total. The Morgan fingerprint density at radius 3 is 2.59 bits per heavy atom. The molecule has 1 unspecified atom stereocenters. The van der Waals surface area contributed by atoms with Gasteiger partial charge in [-0.05, 0) is 13.3 Å². The number of carbonyl (C=O) groups is 2. The highest BCUT2D eigenvalue weighted by atomic mass is 35.5. The van der Waals surface area contributed by atoms with Gasteiger partial charge in [-0.1, -0.05) is 13.8 Å². The summed E-state index contributed by atoms with van der Waals surface area (Å²) in [5, 5.41) is 0. The first-order valence-corrected chi connectivity index (χ1v) is 6.50. The molecule has 4 nitrogen and oxygen atoms in total. The van der Waals surface area contributed by atoms with Crippen LogP contribution < -0.4 is 0 Å². The Hall–Kier alpha value is -0.770. The van der Waals surface area contributed by atoms with Gasteiger partial charge in [0.15, 0.2) is 0 Å². The summed E-state index contributed by atoms with van der Waals surface area (Å²) < 4.78 is 0. The molecular formula is C12H19ClN2O2. The zero-order valence-corrected chi connectivity index (χ0v) is 11.4. The molecule has 2 rings (SSSR count). The summed E-state index contributed by atoms with van der Waals surface area (Å²) in [5.74, 6) is 0.0440. The van der Waals surface area contributed by atoms with E-state index in [0.29, 0.717) is 25.9 Å². The van der Waals surface area contributed by atoms with Gasteiger partial charge in [0, 0.05) is 24.9 Å². The molecule has 1 atom stereocenters. The van der Waals surface area contributed by atoms with E-state index in [1.807, 2.05) is 11.8 Å². The summed E-state index contributed by atoms with van der Waals surface area (Å²) in [6.45, 7) is 7.50. The number of amides is 2. The molecule has 5 heteroatoms. The maximum atomic E-state index is 12.0. The molecule has 2 fully saturated rings. The molecule has 0 aromatic rings. The molecule has 0 bridgehead atoms. The smallest absolute Gasteiger partial charge is 0.239 e. The van der Waals surface area contributed by atoms with Gasteiger partial charge >= 0.3 is 0 Å². The van der Waals surface area contributed by atoms with Gasteiger partial charge in [-0.15, -0.1) is 11.6 Å². The second-order valence-electron chi connectivity index (χ2n) is 5.97. The van der Waals surface area contributed by atoms with Crippen molar-refractivity contribution in [2.75, 3.05) is 19.0 Å². The predicted octanol–water partition coefficient (Wildman–Crippen LogP) is 1.43. The number of fused-ring (bicyclic) bond motifs is 1. The average Bonchev–Trinajstić information content (AvgIpc) is 2.54. The van der Waals surface area contributed by atoms with Crippen LogP contribution in [-0.2, 0) is 9.59 Å². The van der Waals surface area contributed by atoms with E-state index in [1.165, 1.54) is 0 Å².